The third-order valence-corrected chi connectivity index (χ3v) is 1.90. The number of aryl methyl sites for hydroxylation is 1. The lowest BCUT2D eigenvalue weighted by Gasteiger charge is -2.02. The van der Waals surface area contributed by atoms with Gasteiger partial charge in [0.15, 0.2) is 0 Å². The van der Waals surface area contributed by atoms with Crippen molar-refractivity contribution < 1.29 is 4.42 Å². The molecule has 0 atom stereocenters. The Kier molecular flexibility index (Phi) is 9.14. The molecule has 0 radical (unpaired) electrons. The maximum Gasteiger partial charge on any atom is 0.294 e. The number of halogens is 3. The molecule has 0 spiro atoms. The number of rotatable bonds is 3. The molecule has 2 aromatic heterocycles. The molecule has 0 saturated carbocycles. The van der Waals surface area contributed by atoms with Crippen LogP contribution in [0.1, 0.15) is 5.69 Å². The highest BCUT2D eigenvalue weighted by molar-refractivity contribution is 5.86. The summed E-state index contributed by atoms with van der Waals surface area (Å²) in [4.78, 5) is 3.96. The first-order chi connectivity index (χ1) is 6.36. The SMILES string of the molecule is Cl.Cl.Cl.Cn1cccc1CNc1ncco1. The van der Waals surface area contributed by atoms with Crippen molar-refractivity contribution in [1.82, 2.24) is 9.55 Å². The molecule has 1 N–H and O–H groups in total. The van der Waals surface area contributed by atoms with Crippen LogP contribution in [0.2, 0.25) is 0 Å². The minimum absolute atomic E-state index is 0. The number of nitrogens with one attached hydrogen (secondary N) is 1. The summed E-state index contributed by atoms with van der Waals surface area (Å²) in [5, 5.41) is 3.07. The molecule has 0 aliphatic heterocycles. The quantitative estimate of drug-likeness (QED) is 0.943. The van der Waals surface area contributed by atoms with Crippen LogP contribution in [0.4, 0.5) is 6.01 Å². The van der Waals surface area contributed by atoms with Crippen molar-refractivity contribution in [3.63, 3.8) is 0 Å². The number of hydrogen-bond donors (Lipinski definition) is 1. The normalized spacial score (nSPS) is 8.31. The van der Waals surface area contributed by atoms with Gasteiger partial charge in [0, 0.05) is 18.9 Å². The molecule has 0 aromatic carbocycles. The van der Waals surface area contributed by atoms with Crippen LogP contribution in [0.5, 0.6) is 0 Å². The Balaban J connectivity index is 0. The average molecular weight is 287 g/mol. The Morgan fingerprint density at radius 3 is 2.62 bits per heavy atom. The van der Waals surface area contributed by atoms with Gasteiger partial charge in [-0.3, -0.25) is 0 Å². The summed E-state index contributed by atoms with van der Waals surface area (Å²) >= 11 is 0. The molecular formula is C9H14Cl3N3O. The number of nitrogens with zero attached hydrogens (tertiary/aromatic N) is 2. The van der Waals surface area contributed by atoms with Crippen molar-refractivity contribution in [3.05, 3.63) is 36.5 Å². The van der Waals surface area contributed by atoms with Crippen LogP contribution in [0, 0.1) is 0 Å². The zero-order valence-electron chi connectivity index (χ0n) is 8.62. The smallest absolute Gasteiger partial charge is 0.294 e. The van der Waals surface area contributed by atoms with E-state index in [0.717, 1.165) is 6.54 Å². The molecule has 0 fully saturated rings. The molecular weight excluding hydrogens is 272 g/mol. The molecule has 92 valence electrons. The lowest BCUT2D eigenvalue weighted by Crippen LogP contribution is -2.03. The summed E-state index contributed by atoms with van der Waals surface area (Å²) in [7, 11) is 2.01. The van der Waals surface area contributed by atoms with Crippen LogP contribution in [-0.4, -0.2) is 9.55 Å². The fourth-order valence-electron chi connectivity index (χ4n) is 1.16. The molecule has 2 heterocycles. The van der Waals surface area contributed by atoms with Gasteiger partial charge in [0.05, 0.1) is 12.7 Å². The fraction of sp³-hybridized carbons (Fsp3) is 0.222. The van der Waals surface area contributed by atoms with Crippen LogP contribution < -0.4 is 5.32 Å². The van der Waals surface area contributed by atoms with Crippen LogP contribution in [0.3, 0.4) is 0 Å². The van der Waals surface area contributed by atoms with Gasteiger partial charge in [0.1, 0.15) is 6.26 Å². The van der Waals surface area contributed by atoms with E-state index in [1.165, 1.54) is 5.69 Å². The van der Waals surface area contributed by atoms with E-state index in [9.17, 15) is 0 Å². The molecule has 7 heteroatoms. The Hall–Kier alpha value is -0.840. The van der Waals surface area contributed by atoms with Crippen molar-refractivity contribution in [2.24, 2.45) is 7.05 Å². The zero-order chi connectivity index (χ0) is 9.10. The van der Waals surface area contributed by atoms with Gasteiger partial charge >= 0.3 is 0 Å². The van der Waals surface area contributed by atoms with Crippen LogP contribution in [-0.2, 0) is 13.6 Å². The number of oxazole rings is 1. The third-order valence-electron chi connectivity index (χ3n) is 1.90. The number of anilines is 1. The molecule has 4 nitrogen and oxygen atoms in total. The zero-order valence-corrected chi connectivity index (χ0v) is 11.1. The predicted molar refractivity (Wildman–Crippen MR) is 71.0 cm³/mol. The first-order valence-corrected chi connectivity index (χ1v) is 4.10. The highest BCUT2D eigenvalue weighted by Gasteiger charge is 1.98. The van der Waals surface area contributed by atoms with E-state index in [-0.39, 0.29) is 37.2 Å². The van der Waals surface area contributed by atoms with Crippen molar-refractivity contribution in [3.8, 4) is 0 Å². The lowest BCUT2D eigenvalue weighted by molar-refractivity contribution is 0.569. The second kappa shape index (κ2) is 8.33. The maximum absolute atomic E-state index is 5.04. The summed E-state index contributed by atoms with van der Waals surface area (Å²) in [5.74, 6) is 0. The molecule has 2 rings (SSSR count). The average Bonchev–Trinajstić information content (AvgIpc) is 2.72. The number of hydrogen-bond acceptors (Lipinski definition) is 3. The van der Waals surface area contributed by atoms with Gasteiger partial charge in [-0.2, -0.15) is 0 Å². The first-order valence-electron chi connectivity index (χ1n) is 4.10. The van der Waals surface area contributed by atoms with Gasteiger partial charge in [0.25, 0.3) is 6.01 Å². The lowest BCUT2D eigenvalue weighted by atomic mass is 10.4. The van der Waals surface area contributed by atoms with E-state index in [4.69, 9.17) is 4.42 Å². The fourth-order valence-corrected chi connectivity index (χ4v) is 1.16. The van der Waals surface area contributed by atoms with Crippen molar-refractivity contribution in [1.29, 1.82) is 0 Å². The molecule has 0 bridgehead atoms. The molecule has 0 aliphatic carbocycles. The van der Waals surface area contributed by atoms with E-state index in [1.54, 1.807) is 12.5 Å². The molecule has 16 heavy (non-hydrogen) atoms. The highest BCUT2D eigenvalue weighted by atomic mass is 35.5. The molecule has 0 saturated heterocycles. The molecule has 0 unspecified atom stereocenters. The summed E-state index contributed by atoms with van der Waals surface area (Å²) in [6.07, 6.45) is 5.17. The van der Waals surface area contributed by atoms with Gasteiger partial charge in [-0.25, -0.2) is 4.98 Å². The van der Waals surface area contributed by atoms with Crippen LogP contribution >= 0.6 is 37.2 Å². The van der Waals surface area contributed by atoms with Gasteiger partial charge < -0.3 is 14.3 Å². The Morgan fingerprint density at radius 2 is 2.12 bits per heavy atom. The summed E-state index contributed by atoms with van der Waals surface area (Å²) in [5.41, 5.74) is 1.19. The van der Waals surface area contributed by atoms with E-state index >= 15 is 0 Å². The second-order valence-electron chi connectivity index (χ2n) is 2.80. The molecule has 0 amide bonds. The maximum atomic E-state index is 5.04. The molecule has 0 aliphatic rings. The van der Waals surface area contributed by atoms with Crippen LogP contribution in [0.25, 0.3) is 0 Å². The van der Waals surface area contributed by atoms with Gasteiger partial charge in [0.2, 0.25) is 0 Å². The van der Waals surface area contributed by atoms with Gasteiger partial charge in [-0.15, -0.1) is 37.2 Å². The minimum Gasteiger partial charge on any atom is -0.432 e. The number of aromatic nitrogens is 2. The first kappa shape index (κ1) is 17.6. The van der Waals surface area contributed by atoms with Crippen molar-refractivity contribution in [2.75, 3.05) is 5.32 Å². The van der Waals surface area contributed by atoms with E-state index in [0.29, 0.717) is 6.01 Å². The minimum atomic E-state index is 0. The van der Waals surface area contributed by atoms with Gasteiger partial charge in [-0.1, -0.05) is 0 Å². The van der Waals surface area contributed by atoms with E-state index < -0.39 is 0 Å². The Bertz CT molecular complexity index is 375. The molecule has 2 aromatic rings. The van der Waals surface area contributed by atoms with Crippen molar-refractivity contribution in [2.45, 2.75) is 6.54 Å². The summed E-state index contributed by atoms with van der Waals surface area (Å²) in [6.45, 7) is 0.726. The van der Waals surface area contributed by atoms with Gasteiger partial charge in [-0.05, 0) is 12.1 Å². The van der Waals surface area contributed by atoms with Crippen LogP contribution in [0.15, 0.2) is 35.2 Å². The standard InChI is InChI=1S/C9H11N3O.3ClH/c1-12-5-2-3-8(12)7-11-9-10-4-6-13-9;;;/h2-6H,7H2,1H3,(H,10,11);3*1H. The third kappa shape index (κ3) is 4.35. The monoisotopic (exact) mass is 285 g/mol. The Labute approximate surface area is 113 Å². The van der Waals surface area contributed by atoms with E-state index in [2.05, 4.69) is 20.9 Å². The predicted octanol–water partition coefficient (Wildman–Crippen LogP) is 2.89. The Morgan fingerprint density at radius 1 is 1.38 bits per heavy atom. The topological polar surface area (TPSA) is 43.0 Å². The summed E-state index contributed by atoms with van der Waals surface area (Å²) in [6, 6.07) is 4.61. The second-order valence-corrected chi connectivity index (χ2v) is 2.80. The van der Waals surface area contributed by atoms with Crippen molar-refractivity contribution >= 4 is 43.2 Å². The largest absolute Gasteiger partial charge is 0.432 e. The summed E-state index contributed by atoms with van der Waals surface area (Å²) < 4.78 is 7.09. The highest BCUT2D eigenvalue weighted by Crippen LogP contribution is 2.05. The van der Waals surface area contributed by atoms with E-state index in [1.807, 2.05) is 19.3 Å².